The fraction of sp³-hybridized carbons (Fsp3) is 0.217. The van der Waals surface area contributed by atoms with E-state index in [0.29, 0.717) is 0 Å². The van der Waals surface area contributed by atoms with Crippen molar-refractivity contribution >= 4 is 30.9 Å². The first-order valence-corrected chi connectivity index (χ1v) is 14.8. The Morgan fingerprint density at radius 1 is 0.512 bits per heavy atom. The van der Waals surface area contributed by atoms with E-state index in [2.05, 4.69) is 91.9 Å². The standard InChI is InChI=1S/C19H17S.C4HF10NO4S2/c1-16-12-14-19(15-13-16)20(17-8-4-2-5-9-17)18-10-6-3-7-11-18;5-1(6,7)3(11,12)20(16,17)15-21(18,19)4(13,14)2(8,9)10/h2-15H,1H3;15H/q+1;. The summed E-state index contributed by atoms with van der Waals surface area (Å²) in [5.74, 6) is 0. The van der Waals surface area contributed by atoms with Crippen molar-refractivity contribution in [1.82, 2.24) is 4.13 Å². The second-order valence-corrected chi connectivity index (χ2v) is 13.6. The lowest BCUT2D eigenvalue weighted by Crippen LogP contribution is -2.57. The maximum atomic E-state index is 12.4. The summed E-state index contributed by atoms with van der Waals surface area (Å²) in [5.41, 5.74) is 1.30. The van der Waals surface area contributed by atoms with Crippen molar-refractivity contribution in [3.8, 4) is 0 Å². The molecule has 0 fully saturated rings. The molecule has 0 heterocycles. The maximum absolute atomic E-state index is 12.4. The lowest BCUT2D eigenvalue weighted by atomic mass is 10.2. The largest absolute Gasteiger partial charge is 0.471 e. The molecule has 0 aliphatic carbocycles. The molecule has 0 aromatic heterocycles. The monoisotopic (exact) mass is 658 g/mol. The normalized spacial score (nSPS) is 13.5. The van der Waals surface area contributed by atoms with Gasteiger partial charge in [-0.15, -0.1) is 0 Å². The van der Waals surface area contributed by atoms with Gasteiger partial charge in [-0.1, -0.05) is 58.2 Å². The molecule has 0 spiro atoms. The minimum Gasteiger partial charge on any atom is -0.205 e. The number of hydrogen-bond donors (Lipinski definition) is 1. The van der Waals surface area contributed by atoms with E-state index in [-0.39, 0.29) is 10.9 Å². The van der Waals surface area contributed by atoms with Crippen molar-refractivity contribution in [2.75, 3.05) is 0 Å². The summed E-state index contributed by atoms with van der Waals surface area (Å²) in [7, 11) is -15.0. The molecule has 41 heavy (non-hydrogen) atoms. The molecular formula is C23H18F10NO4S3+. The Bertz CT molecular complexity index is 1420. The lowest BCUT2D eigenvalue weighted by molar-refractivity contribution is -0.242. The fourth-order valence-electron chi connectivity index (χ4n) is 2.75. The molecule has 0 aliphatic heterocycles. The van der Waals surface area contributed by atoms with Crippen LogP contribution < -0.4 is 4.13 Å². The number of nitrogens with one attached hydrogen (secondary N) is 1. The van der Waals surface area contributed by atoms with Crippen LogP contribution in [0, 0.1) is 6.92 Å². The average molecular weight is 659 g/mol. The van der Waals surface area contributed by atoms with Crippen LogP contribution in [-0.4, -0.2) is 39.7 Å². The Hall–Kier alpha value is -2.83. The van der Waals surface area contributed by atoms with Gasteiger partial charge in [0.05, 0.1) is 10.9 Å². The Morgan fingerprint density at radius 3 is 1.10 bits per heavy atom. The van der Waals surface area contributed by atoms with Crippen LogP contribution in [0.25, 0.3) is 0 Å². The molecule has 0 bridgehead atoms. The van der Waals surface area contributed by atoms with Crippen LogP contribution in [0.2, 0.25) is 0 Å². The molecule has 0 amide bonds. The Labute approximate surface area is 230 Å². The third kappa shape index (κ3) is 7.72. The van der Waals surface area contributed by atoms with Gasteiger partial charge in [-0.25, -0.2) is 16.8 Å². The third-order valence-corrected chi connectivity index (χ3v) is 10.6. The van der Waals surface area contributed by atoms with Gasteiger partial charge in [-0.05, 0) is 43.3 Å². The molecule has 0 radical (unpaired) electrons. The molecule has 0 saturated heterocycles. The van der Waals surface area contributed by atoms with Gasteiger partial charge in [0.25, 0.3) is 20.0 Å². The van der Waals surface area contributed by atoms with Crippen molar-refractivity contribution in [3.05, 3.63) is 90.5 Å². The lowest BCUT2D eigenvalue weighted by Gasteiger charge is -2.23. The van der Waals surface area contributed by atoms with Crippen LogP contribution in [0.4, 0.5) is 43.9 Å². The number of benzene rings is 3. The summed E-state index contributed by atoms with van der Waals surface area (Å²) in [4.78, 5) is 4.10. The van der Waals surface area contributed by atoms with Gasteiger partial charge in [0, 0.05) is 0 Å². The van der Waals surface area contributed by atoms with E-state index in [4.69, 9.17) is 0 Å². The molecule has 0 unspecified atom stereocenters. The second kappa shape index (κ2) is 12.2. The van der Waals surface area contributed by atoms with E-state index in [1.807, 2.05) is 0 Å². The number of hydrogen-bond acceptors (Lipinski definition) is 4. The molecule has 5 nitrogen and oxygen atoms in total. The summed E-state index contributed by atoms with van der Waals surface area (Å²) in [5, 5.41) is -13.9. The molecule has 0 saturated carbocycles. The van der Waals surface area contributed by atoms with E-state index in [1.165, 1.54) is 20.2 Å². The Balaban J connectivity index is 0.000000287. The van der Waals surface area contributed by atoms with Crippen LogP contribution in [0.5, 0.6) is 0 Å². The molecule has 226 valence electrons. The minimum absolute atomic E-state index is 0.0229. The van der Waals surface area contributed by atoms with E-state index in [9.17, 15) is 60.7 Å². The topological polar surface area (TPSA) is 80.3 Å². The first kappa shape index (κ1) is 34.4. The molecular weight excluding hydrogens is 640 g/mol. The van der Waals surface area contributed by atoms with Gasteiger partial charge in [0.15, 0.2) is 14.7 Å². The van der Waals surface area contributed by atoms with Crippen LogP contribution >= 0.6 is 0 Å². The van der Waals surface area contributed by atoms with Crippen molar-refractivity contribution in [2.45, 2.75) is 44.5 Å². The summed E-state index contributed by atoms with van der Waals surface area (Å²) in [6.45, 7) is 2.13. The average Bonchev–Trinajstić information content (AvgIpc) is 2.85. The van der Waals surface area contributed by atoms with Gasteiger partial charge in [-0.3, -0.25) is 0 Å². The van der Waals surface area contributed by atoms with Crippen molar-refractivity contribution < 1.29 is 60.7 Å². The first-order chi connectivity index (χ1) is 18.6. The van der Waals surface area contributed by atoms with E-state index in [0.717, 1.165) is 0 Å². The summed E-state index contributed by atoms with van der Waals surface area (Å²) in [6, 6.07) is 30.4. The highest BCUT2D eigenvalue weighted by Crippen LogP contribution is 2.43. The van der Waals surface area contributed by atoms with Crippen LogP contribution in [0.15, 0.2) is 99.6 Å². The van der Waals surface area contributed by atoms with Gasteiger partial charge in [0.2, 0.25) is 0 Å². The predicted molar refractivity (Wildman–Crippen MR) is 129 cm³/mol. The van der Waals surface area contributed by atoms with Crippen LogP contribution in [-0.2, 0) is 30.9 Å². The predicted octanol–water partition coefficient (Wildman–Crippen LogP) is 6.64. The Kier molecular flexibility index (Phi) is 10.2. The van der Waals surface area contributed by atoms with Crippen molar-refractivity contribution in [1.29, 1.82) is 0 Å². The molecule has 3 aromatic carbocycles. The smallest absolute Gasteiger partial charge is 0.205 e. The number of alkyl halides is 10. The zero-order chi connectivity index (χ0) is 31.5. The molecule has 0 aliphatic rings. The van der Waals surface area contributed by atoms with Gasteiger partial charge in [0.1, 0.15) is 0 Å². The summed E-state index contributed by atoms with van der Waals surface area (Å²) in [6.07, 6.45) is -13.9. The molecule has 0 atom stereocenters. The van der Waals surface area contributed by atoms with Gasteiger partial charge < -0.3 is 0 Å². The summed E-state index contributed by atoms with van der Waals surface area (Å²) >= 11 is 0. The van der Waals surface area contributed by atoms with E-state index < -0.39 is 47.0 Å². The fourth-order valence-corrected chi connectivity index (χ4v) is 7.44. The molecule has 3 aromatic rings. The zero-order valence-electron chi connectivity index (χ0n) is 20.2. The highest BCUT2D eigenvalue weighted by molar-refractivity contribution is 8.05. The number of aryl methyl sites for hydroxylation is 1. The van der Waals surface area contributed by atoms with Gasteiger partial charge >= 0.3 is 22.9 Å². The van der Waals surface area contributed by atoms with E-state index in [1.54, 1.807) is 0 Å². The Morgan fingerprint density at radius 2 is 0.805 bits per heavy atom. The van der Waals surface area contributed by atoms with Gasteiger partial charge in [-0.2, -0.15) is 43.9 Å². The van der Waals surface area contributed by atoms with Crippen molar-refractivity contribution in [3.63, 3.8) is 0 Å². The zero-order valence-corrected chi connectivity index (χ0v) is 22.7. The molecule has 3 rings (SSSR count). The third-order valence-electron chi connectivity index (χ3n) is 4.77. The minimum atomic E-state index is -7.49. The maximum Gasteiger partial charge on any atom is 0.471 e. The second-order valence-electron chi connectivity index (χ2n) is 7.86. The van der Waals surface area contributed by atoms with Crippen molar-refractivity contribution in [2.24, 2.45) is 0 Å². The number of halogens is 10. The first-order valence-electron chi connectivity index (χ1n) is 10.6. The molecule has 18 heteroatoms. The number of sulfonamides is 2. The summed E-state index contributed by atoms with van der Waals surface area (Å²) < 4.78 is 160. The SMILES string of the molecule is Cc1ccc([S+](c2ccccc2)c2ccccc2)cc1.O=S(=O)(NS(=O)(=O)C(F)(F)C(F)(F)F)C(F)(F)C(F)(F)F. The van der Waals surface area contributed by atoms with Crippen LogP contribution in [0.1, 0.15) is 5.56 Å². The highest BCUT2D eigenvalue weighted by Gasteiger charge is 2.73. The molecule has 1 N–H and O–H groups in total. The van der Waals surface area contributed by atoms with Crippen LogP contribution in [0.3, 0.4) is 0 Å². The van der Waals surface area contributed by atoms with E-state index >= 15 is 0 Å². The quantitative estimate of drug-likeness (QED) is 0.228. The highest BCUT2D eigenvalue weighted by atomic mass is 32.3. The number of rotatable bonds is 7.